The van der Waals surface area contributed by atoms with Crippen molar-refractivity contribution in [3.63, 3.8) is 0 Å². The first-order chi connectivity index (χ1) is 16.8. The van der Waals surface area contributed by atoms with E-state index in [0.717, 1.165) is 12.8 Å². The number of amides is 2. The third kappa shape index (κ3) is 9.26. The molecule has 36 heavy (non-hydrogen) atoms. The molecule has 0 N–H and O–H groups in total. The Morgan fingerprint density at radius 1 is 0.806 bits per heavy atom. The summed E-state index contributed by atoms with van der Waals surface area (Å²) in [6.45, 7) is 11.2. The lowest BCUT2D eigenvalue weighted by Gasteiger charge is -2.28. The number of hydrogen-bond donors (Lipinski definition) is 0. The molecule has 4 unspecified atom stereocenters. The van der Waals surface area contributed by atoms with E-state index in [2.05, 4.69) is 4.74 Å². The average Bonchev–Trinajstić information content (AvgIpc) is 3.22. The fourth-order valence-corrected chi connectivity index (χ4v) is 5.24. The van der Waals surface area contributed by atoms with Gasteiger partial charge in [-0.1, -0.05) is 0 Å². The van der Waals surface area contributed by atoms with E-state index in [9.17, 15) is 24.0 Å². The van der Waals surface area contributed by atoms with Gasteiger partial charge in [0.05, 0.1) is 13.2 Å². The number of ether oxygens (including phenoxy) is 3. The molecule has 4 fully saturated rings. The van der Waals surface area contributed by atoms with E-state index in [4.69, 9.17) is 21.1 Å². The molecule has 2 saturated carbocycles. The highest BCUT2D eigenvalue weighted by Crippen LogP contribution is 2.35. The van der Waals surface area contributed by atoms with E-state index >= 15 is 0 Å². The van der Waals surface area contributed by atoms with Crippen molar-refractivity contribution in [1.29, 1.82) is 0 Å². The minimum absolute atomic E-state index is 0.0844. The van der Waals surface area contributed by atoms with Gasteiger partial charge in [-0.25, -0.2) is 14.4 Å². The highest BCUT2D eigenvalue weighted by atomic mass is 35.5. The summed E-state index contributed by atoms with van der Waals surface area (Å²) in [4.78, 5) is 59.1. The van der Waals surface area contributed by atoms with Gasteiger partial charge in [0.25, 0.3) is 0 Å². The number of carbonyl (C=O) groups is 5. The molecule has 2 amide bonds. The van der Waals surface area contributed by atoms with Gasteiger partial charge in [0.1, 0.15) is 17.2 Å². The second-order valence-electron chi connectivity index (χ2n) is 10.6. The number of likely N-dealkylation sites (tertiary alicyclic amines) is 2. The van der Waals surface area contributed by atoms with Crippen molar-refractivity contribution in [2.45, 2.75) is 90.8 Å². The molecule has 10 nitrogen and oxygen atoms in total. The molecule has 0 spiro atoms. The number of nitrogens with zero attached hydrogens (tertiary/aromatic N) is 2. The molecule has 4 aliphatic rings. The van der Waals surface area contributed by atoms with Gasteiger partial charge in [-0.05, 0) is 59.3 Å². The van der Waals surface area contributed by atoms with E-state index < -0.39 is 11.0 Å². The highest BCUT2D eigenvalue weighted by molar-refractivity contribution is 6.61. The summed E-state index contributed by atoms with van der Waals surface area (Å²) < 4.78 is 14.5. The van der Waals surface area contributed by atoms with Gasteiger partial charge in [0, 0.05) is 62.5 Å². The Balaban J connectivity index is 0.000000209. The van der Waals surface area contributed by atoms with Crippen LogP contribution in [0.2, 0.25) is 0 Å². The summed E-state index contributed by atoms with van der Waals surface area (Å²) in [5.74, 6) is 1.31. The van der Waals surface area contributed by atoms with Gasteiger partial charge in [-0.2, -0.15) is 0 Å². The predicted molar refractivity (Wildman–Crippen MR) is 132 cm³/mol. The lowest BCUT2D eigenvalue weighted by molar-refractivity contribution is -0.122. The average molecular weight is 531 g/mol. The molecule has 0 aromatic heterocycles. The topological polar surface area (TPSA) is 120 Å². The van der Waals surface area contributed by atoms with Crippen molar-refractivity contribution in [1.82, 2.24) is 9.80 Å². The van der Waals surface area contributed by atoms with Crippen molar-refractivity contribution in [3.8, 4) is 0 Å². The van der Waals surface area contributed by atoms with Gasteiger partial charge in [-0.3, -0.25) is 9.59 Å². The van der Waals surface area contributed by atoms with Gasteiger partial charge in [-0.15, -0.1) is 0 Å². The van der Waals surface area contributed by atoms with E-state index in [1.807, 2.05) is 20.8 Å². The zero-order valence-corrected chi connectivity index (χ0v) is 22.7. The van der Waals surface area contributed by atoms with E-state index in [0.29, 0.717) is 63.8 Å². The summed E-state index contributed by atoms with van der Waals surface area (Å²) >= 11 is 4.72. The number of rotatable bonds is 2. The maximum absolute atomic E-state index is 11.9. The maximum Gasteiger partial charge on any atom is 0.410 e. The number of ketones is 2. The Kier molecular flexibility index (Phi) is 11.0. The Bertz CT molecular complexity index is 827. The Morgan fingerprint density at radius 3 is 1.61 bits per heavy atom. The minimum atomic E-state index is -0.738. The number of hydrogen-bond acceptors (Lipinski definition) is 8. The normalized spacial score (nSPS) is 26.3. The summed E-state index contributed by atoms with van der Waals surface area (Å²) in [6.07, 6.45) is 3.73. The number of carbonyl (C=O) groups excluding carboxylic acids is 5. The van der Waals surface area contributed by atoms with Crippen LogP contribution in [0.25, 0.3) is 0 Å². The van der Waals surface area contributed by atoms with Crippen molar-refractivity contribution in [2.24, 2.45) is 11.8 Å². The van der Waals surface area contributed by atoms with Crippen molar-refractivity contribution in [3.05, 3.63) is 0 Å². The van der Waals surface area contributed by atoms with Crippen LogP contribution < -0.4 is 0 Å². The maximum atomic E-state index is 11.9. The lowest BCUT2D eigenvalue weighted by Crippen LogP contribution is -2.40. The Labute approximate surface area is 217 Å². The second kappa shape index (κ2) is 13.3. The second-order valence-corrected chi connectivity index (χ2v) is 10.9. The molecule has 0 aromatic rings. The Hall–Kier alpha value is -2.36. The first kappa shape index (κ1) is 29.9. The molecule has 4 rings (SSSR count). The predicted octanol–water partition coefficient (Wildman–Crippen LogP) is 4.55. The molecule has 204 valence electrons. The standard InChI is InChI=1S/C12H19NO3.C10H15NO3.C3H5ClO2/c1-12(2,3)16-11(15)13-7-8-4-9(13)6-10(14)5-8;1-2-14-10(13)11-6-7-3-8(11)5-9(12)4-7;1-2-6-3(4)5/h8-9H,4-7H2,1-3H3;7-8H,2-6H2,1H3;2H2,1H3. The third-order valence-corrected chi connectivity index (χ3v) is 6.46. The molecule has 0 radical (unpaired) electrons. The Morgan fingerprint density at radius 2 is 1.25 bits per heavy atom. The number of fused-ring (bicyclic) bond motifs is 4. The van der Waals surface area contributed by atoms with E-state index in [1.54, 1.807) is 23.6 Å². The van der Waals surface area contributed by atoms with Gasteiger partial charge in [0.2, 0.25) is 0 Å². The fourth-order valence-electron chi connectivity index (χ4n) is 5.13. The summed E-state index contributed by atoms with van der Waals surface area (Å²) in [5, 5.41) is 0. The van der Waals surface area contributed by atoms with Crippen LogP contribution >= 0.6 is 11.6 Å². The molecule has 4 bridgehead atoms. The fraction of sp³-hybridized carbons (Fsp3) is 0.800. The minimum Gasteiger partial charge on any atom is -0.454 e. The molecular weight excluding hydrogens is 492 g/mol. The first-order valence-corrected chi connectivity index (χ1v) is 13.0. The van der Waals surface area contributed by atoms with Gasteiger partial charge >= 0.3 is 17.6 Å². The molecule has 2 heterocycles. The smallest absolute Gasteiger partial charge is 0.410 e. The van der Waals surface area contributed by atoms with Gasteiger partial charge in [0.15, 0.2) is 0 Å². The van der Waals surface area contributed by atoms with Crippen LogP contribution in [0.15, 0.2) is 0 Å². The van der Waals surface area contributed by atoms with Crippen molar-refractivity contribution >= 4 is 40.8 Å². The molecule has 2 saturated heterocycles. The van der Waals surface area contributed by atoms with Crippen LogP contribution in [0.4, 0.5) is 14.4 Å². The van der Waals surface area contributed by atoms with Crippen LogP contribution in [0.1, 0.15) is 73.1 Å². The third-order valence-electron chi connectivity index (χ3n) is 6.35. The zero-order chi connectivity index (χ0) is 27.0. The summed E-state index contributed by atoms with van der Waals surface area (Å²) in [6, 6.07) is 0.196. The first-order valence-electron chi connectivity index (χ1n) is 12.6. The monoisotopic (exact) mass is 530 g/mol. The van der Waals surface area contributed by atoms with Crippen LogP contribution in [-0.4, -0.2) is 83.0 Å². The molecule has 4 atom stereocenters. The van der Waals surface area contributed by atoms with Crippen LogP contribution in [0, 0.1) is 11.8 Å². The van der Waals surface area contributed by atoms with Crippen molar-refractivity contribution in [2.75, 3.05) is 26.3 Å². The molecule has 2 aliphatic carbocycles. The van der Waals surface area contributed by atoms with Crippen molar-refractivity contribution < 1.29 is 38.2 Å². The molecule has 0 aromatic carbocycles. The molecule has 2 aliphatic heterocycles. The molecular formula is C25H39ClN2O8. The molecule has 11 heteroatoms. The van der Waals surface area contributed by atoms with E-state index in [1.165, 1.54) is 0 Å². The van der Waals surface area contributed by atoms with Crippen LogP contribution in [-0.2, 0) is 23.8 Å². The van der Waals surface area contributed by atoms with Crippen LogP contribution in [0.3, 0.4) is 0 Å². The number of halogens is 1. The zero-order valence-electron chi connectivity index (χ0n) is 21.9. The highest BCUT2D eigenvalue weighted by Gasteiger charge is 2.43. The summed E-state index contributed by atoms with van der Waals surface area (Å²) in [5.41, 5.74) is -1.20. The number of Topliss-reactive ketones (excluding diaryl/α,β-unsaturated/α-hetero) is 2. The SMILES string of the molecule is CC(C)(C)OC(=O)N1CC2CC(=O)CC1C2.CCOC(=O)Cl.CCOC(=O)N1CC2CC(=O)CC1C2. The van der Waals surface area contributed by atoms with Gasteiger partial charge < -0.3 is 24.0 Å². The summed E-state index contributed by atoms with van der Waals surface area (Å²) in [7, 11) is 0. The quantitative estimate of drug-likeness (QED) is 0.376. The van der Waals surface area contributed by atoms with E-state index in [-0.39, 0.29) is 35.8 Å². The largest absolute Gasteiger partial charge is 0.454 e. The lowest BCUT2D eigenvalue weighted by atomic mass is 9.89. The van der Waals surface area contributed by atoms with Crippen LogP contribution in [0.5, 0.6) is 0 Å².